The molecule has 0 saturated carbocycles. The molecule has 0 radical (unpaired) electrons. The Morgan fingerprint density at radius 3 is 2.89 bits per heavy atom. The predicted molar refractivity (Wildman–Crippen MR) is 76.6 cm³/mol. The Labute approximate surface area is 120 Å². The number of hydrogen-bond acceptors (Lipinski definition) is 4. The Morgan fingerprint density at radius 1 is 1.42 bits per heavy atom. The lowest BCUT2D eigenvalue weighted by molar-refractivity contribution is -0.117. The summed E-state index contributed by atoms with van der Waals surface area (Å²) in [6, 6.07) is 3.44. The molecule has 0 saturated heterocycles. The average Bonchev–Trinajstić information content (AvgIpc) is 2.69. The summed E-state index contributed by atoms with van der Waals surface area (Å²) < 4.78 is 11.7. The lowest BCUT2D eigenvalue weighted by Crippen LogP contribution is -2.23. The Kier molecular flexibility index (Phi) is 4.79. The van der Waals surface area contributed by atoms with Gasteiger partial charge >= 0.3 is 0 Å². The van der Waals surface area contributed by atoms with E-state index in [9.17, 15) is 4.79 Å². The van der Waals surface area contributed by atoms with E-state index in [0.717, 1.165) is 15.7 Å². The Hall–Kier alpha value is -1.11. The van der Waals surface area contributed by atoms with Crippen LogP contribution in [0.15, 0.2) is 16.6 Å². The maximum Gasteiger partial charge on any atom is 0.246 e. The highest BCUT2D eigenvalue weighted by Crippen LogP contribution is 2.38. The van der Waals surface area contributed by atoms with E-state index in [1.54, 1.807) is 7.05 Å². The van der Waals surface area contributed by atoms with Crippen molar-refractivity contribution in [2.24, 2.45) is 0 Å². The van der Waals surface area contributed by atoms with Crippen LogP contribution in [0.1, 0.15) is 18.5 Å². The third-order valence-corrected chi connectivity index (χ3v) is 3.53. The first kappa shape index (κ1) is 14.3. The van der Waals surface area contributed by atoms with E-state index >= 15 is 0 Å². The van der Waals surface area contributed by atoms with E-state index in [-0.39, 0.29) is 11.9 Å². The summed E-state index contributed by atoms with van der Waals surface area (Å²) in [6.45, 7) is 3.65. The van der Waals surface area contributed by atoms with Crippen LogP contribution in [0, 0.1) is 0 Å². The van der Waals surface area contributed by atoms with Crippen LogP contribution in [0.5, 0.6) is 5.75 Å². The number of nitrogens with one attached hydrogen (secondary N) is 2. The SMILES string of the molecule is CCOCCOc1cc2c(cc1Br)C(NC)C(=O)N2. The first-order valence-corrected chi connectivity index (χ1v) is 6.98. The number of rotatable bonds is 6. The number of carbonyl (C=O) groups excluding carboxylic acids is 1. The van der Waals surface area contributed by atoms with Gasteiger partial charge in [-0.15, -0.1) is 0 Å². The molecule has 1 atom stereocenters. The zero-order valence-corrected chi connectivity index (χ0v) is 12.5. The molecule has 0 fully saturated rings. The number of halogens is 1. The van der Waals surface area contributed by atoms with Gasteiger partial charge in [-0.05, 0) is 36.0 Å². The van der Waals surface area contributed by atoms with E-state index in [2.05, 4.69) is 26.6 Å². The first-order chi connectivity index (χ1) is 9.17. The largest absolute Gasteiger partial charge is 0.490 e. The molecule has 1 aromatic carbocycles. The third kappa shape index (κ3) is 3.08. The zero-order chi connectivity index (χ0) is 13.8. The summed E-state index contributed by atoms with van der Waals surface area (Å²) in [4.78, 5) is 11.7. The summed E-state index contributed by atoms with van der Waals surface area (Å²) in [7, 11) is 1.76. The van der Waals surface area contributed by atoms with Gasteiger partial charge in [0.15, 0.2) is 0 Å². The van der Waals surface area contributed by atoms with E-state index in [4.69, 9.17) is 9.47 Å². The highest BCUT2D eigenvalue weighted by atomic mass is 79.9. The van der Waals surface area contributed by atoms with Crippen molar-refractivity contribution in [3.05, 3.63) is 22.2 Å². The molecule has 104 valence electrons. The third-order valence-electron chi connectivity index (χ3n) is 2.91. The van der Waals surface area contributed by atoms with E-state index in [0.29, 0.717) is 25.6 Å². The van der Waals surface area contributed by atoms with Gasteiger partial charge in [0.25, 0.3) is 0 Å². The fourth-order valence-electron chi connectivity index (χ4n) is 2.01. The molecule has 0 aromatic heterocycles. The van der Waals surface area contributed by atoms with Crippen molar-refractivity contribution in [3.8, 4) is 5.75 Å². The van der Waals surface area contributed by atoms with Gasteiger partial charge in [-0.2, -0.15) is 0 Å². The molecule has 2 N–H and O–H groups in total. The summed E-state index contributed by atoms with van der Waals surface area (Å²) in [5.74, 6) is 0.659. The van der Waals surface area contributed by atoms with Gasteiger partial charge in [0.1, 0.15) is 18.4 Å². The van der Waals surface area contributed by atoms with Gasteiger partial charge in [-0.25, -0.2) is 0 Å². The number of benzene rings is 1. The number of likely N-dealkylation sites (N-methyl/N-ethyl adjacent to an activating group) is 1. The molecule has 1 amide bonds. The van der Waals surface area contributed by atoms with Crippen LogP contribution in [0.3, 0.4) is 0 Å². The van der Waals surface area contributed by atoms with Gasteiger partial charge in [0.05, 0.1) is 11.1 Å². The van der Waals surface area contributed by atoms with Crippen LogP contribution in [-0.4, -0.2) is 32.8 Å². The van der Waals surface area contributed by atoms with Crippen LogP contribution >= 0.6 is 15.9 Å². The molecule has 2 rings (SSSR count). The van der Waals surface area contributed by atoms with Gasteiger partial charge in [0, 0.05) is 23.9 Å². The van der Waals surface area contributed by atoms with Crippen molar-refractivity contribution >= 4 is 27.5 Å². The van der Waals surface area contributed by atoms with Gasteiger partial charge in [-0.1, -0.05) is 0 Å². The minimum atomic E-state index is -0.302. The summed E-state index contributed by atoms with van der Waals surface area (Å²) in [5, 5.41) is 5.82. The number of hydrogen-bond donors (Lipinski definition) is 2. The molecular weight excluding hydrogens is 312 g/mol. The molecule has 1 aromatic rings. The van der Waals surface area contributed by atoms with Gasteiger partial charge < -0.3 is 20.1 Å². The molecule has 1 heterocycles. The van der Waals surface area contributed by atoms with Gasteiger partial charge in [-0.3, -0.25) is 4.79 Å². The quantitative estimate of drug-likeness (QED) is 0.785. The Morgan fingerprint density at radius 2 is 2.21 bits per heavy atom. The smallest absolute Gasteiger partial charge is 0.246 e. The Balaban J connectivity index is 2.12. The first-order valence-electron chi connectivity index (χ1n) is 6.19. The topological polar surface area (TPSA) is 59.6 Å². The molecular formula is C13H17BrN2O3. The molecule has 1 aliphatic rings. The summed E-state index contributed by atoms with van der Waals surface area (Å²) in [5.41, 5.74) is 1.72. The van der Waals surface area contributed by atoms with Gasteiger partial charge in [0.2, 0.25) is 5.91 Å². The van der Waals surface area contributed by atoms with Crippen molar-refractivity contribution in [2.45, 2.75) is 13.0 Å². The minimum absolute atomic E-state index is 0.0455. The molecule has 6 heteroatoms. The second-order valence-corrected chi connectivity index (χ2v) is 4.98. The predicted octanol–water partition coefficient (Wildman–Crippen LogP) is 2.08. The lowest BCUT2D eigenvalue weighted by atomic mass is 10.1. The van der Waals surface area contributed by atoms with Crippen molar-refractivity contribution in [1.82, 2.24) is 5.32 Å². The fourth-order valence-corrected chi connectivity index (χ4v) is 2.49. The van der Waals surface area contributed by atoms with E-state index in [1.807, 2.05) is 19.1 Å². The standard InChI is InChI=1S/C13H17BrN2O3/c1-3-18-4-5-19-11-7-10-8(6-9(11)14)12(15-2)13(17)16-10/h6-7,12,15H,3-5H2,1-2H3,(H,16,17). The van der Waals surface area contributed by atoms with Crippen molar-refractivity contribution in [2.75, 3.05) is 32.2 Å². The molecule has 0 spiro atoms. The molecule has 1 aliphatic heterocycles. The molecule has 0 bridgehead atoms. The van der Waals surface area contributed by atoms with Crippen LogP contribution < -0.4 is 15.4 Å². The molecule has 1 unspecified atom stereocenters. The maximum absolute atomic E-state index is 11.7. The lowest BCUT2D eigenvalue weighted by Gasteiger charge is -2.11. The zero-order valence-electron chi connectivity index (χ0n) is 11.0. The van der Waals surface area contributed by atoms with E-state index < -0.39 is 0 Å². The molecule has 19 heavy (non-hydrogen) atoms. The van der Waals surface area contributed by atoms with Crippen molar-refractivity contribution in [3.63, 3.8) is 0 Å². The second kappa shape index (κ2) is 6.36. The highest BCUT2D eigenvalue weighted by molar-refractivity contribution is 9.10. The number of anilines is 1. The second-order valence-electron chi connectivity index (χ2n) is 4.13. The highest BCUT2D eigenvalue weighted by Gasteiger charge is 2.30. The molecule has 0 aliphatic carbocycles. The van der Waals surface area contributed by atoms with Crippen LogP contribution in [-0.2, 0) is 9.53 Å². The number of ether oxygens (including phenoxy) is 2. The maximum atomic E-state index is 11.7. The normalized spacial score (nSPS) is 17.2. The number of amides is 1. The summed E-state index contributed by atoms with van der Waals surface area (Å²) >= 11 is 3.46. The molecule has 5 nitrogen and oxygen atoms in total. The number of fused-ring (bicyclic) bond motifs is 1. The van der Waals surface area contributed by atoms with Crippen LogP contribution in [0.4, 0.5) is 5.69 Å². The minimum Gasteiger partial charge on any atom is -0.490 e. The number of carbonyl (C=O) groups is 1. The Bertz CT molecular complexity index is 479. The van der Waals surface area contributed by atoms with Crippen molar-refractivity contribution < 1.29 is 14.3 Å². The van der Waals surface area contributed by atoms with Crippen LogP contribution in [0.25, 0.3) is 0 Å². The van der Waals surface area contributed by atoms with Crippen LogP contribution in [0.2, 0.25) is 0 Å². The van der Waals surface area contributed by atoms with Crippen molar-refractivity contribution in [1.29, 1.82) is 0 Å². The fraction of sp³-hybridized carbons (Fsp3) is 0.462. The summed E-state index contributed by atoms with van der Waals surface area (Å²) in [6.07, 6.45) is 0. The average molecular weight is 329 g/mol. The monoisotopic (exact) mass is 328 g/mol. The van der Waals surface area contributed by atoms with E-state index in [1.165, 1.54) is 0 Å².